The number of nitrogens with one attached hydrogen (secondary N) is 2. The highest BCUT2D eigenvalue weighted by Gasteiger charge is 2.13. The fourth-order valence-electron chi connectivity index (χ4n) is 2.09. The zero-order valence-corrected chi connectivity index (χ0v) is 12.0. The number of morpholine rings is 1. The summed E-state index contributed by atoms with van der Waals surface area (Å²) in [5.41, 5.74) is 0.622. The predicted molar refractivity (Wildman–Crippen MR) is 79.0 cm³/mol. The Hall–Kier alpha value is -1.92. The molecule has 0 aliphatic carbocycles. The minimum atomic E-state index is -0.127. The van der Waals surface area contributed by atoms with Crippen LogP contribution < -0.4 is 10.6 Å². The van der Waals surface area contributed by atoms with Gasteiger partial charge in [-0.05, 0) is 12.1 Å². The maximum absolute atomic E-state index is 11.8. The third-order valence-corrected chi connectivity index (χ3v) is 3.24. The van der Waals surface area contributed by atoms with E-state index in [1.807, 2.05) is 18.2 Å². The Labute approximate surface area is 124 Å². The van der Waals surface area contributed by atoms with Crippen molar-refractivity contribution in [1.29, 1.82) is 0 Å². The zero-order chi connectivity index (χ0) is 14.9. The molecule has 1 aromatic carbocycles. The standard InChI is InChI=1S/C15H21N3O3/c19-14(12-18-8-10-21-11-9-18)16-6-7-17-15(20)13-4-2-1-3-5-13/h1-5H,6-12H2,(H,16,19)(H,17,20). The average molecular weight is 291 g/mol. The van der Waals surface area contributed by atoms with E-state index in [4.69, 9.17) is 4.74 Å². The molecule has 6 heteroatoms. The highest BCUT2D eigenvalue weighted by molar-refractivity contribution is 5.94. The molecule has 0 bridgehead atoms. The summed E-state index contributed by atoms with van der Waals surface area (Å²) in [6, 6.07) is 9.01. The highest BCUT2D eigenvalue weighted by Crippen LogP contribution is 1.97. The SMILES string of the molecule is O=C(CN1CCOCC1)NCCNC(=O)c1ccccc1. The van der Waals surface area contributed by atoms with Crippen LogP contribution in [0.15, 0.2) is 30.3 Å². The molecule has 0 aromatic heterocycles. The van der Waals surface area contributed by atoms with Crippen molar-refractivity contribution in [2.45, 2.75) is 0 Å². The molecule has 114 valence electrons. The molecule has 1 aliphatic heterocycles. The van der Waals surface area contributed by atoms with Crippen LogP contribution in [0.4, 0.5) is 0 Å². The Morgan fingerprint density at radius 1 is 1.05 bits per heavy atom. The summed E-state index contributed by atoms with van der Waals surface area (Å²) in [6.45, 7) is 4.18. The molecule has 0 unspecified atom stereocenters. The summed E-state index contributed by atoms with van der Waals surface area (Å²) in [6.07, 6.45) is 0. The van der Waals surface area contributed by atoms with E-state index in [0.29, 0.717) is 38.4 Å². The first kappa shape index (κ1) is 15.5. The summed E-state index contributed by atoms with van der Waals surface area (Å²) >= 11 is 0. The van der Waals surface area contributed by atoms with Gasteiger partial charge < -0.3 is 15.4 Å². The van der Waals surface area contributed by atoms with Gasteiger partial charge in [0.05, 0.1) is 19.8 Å². The van der Waals surface area contributed by atoms with Gasteiger partial charge in [0.1, 0.15) is 0 Å². The summed E-state index contributed by atoms with van der Waals surface area (Å²) in [7, 11) is 0. The third kappa shape index (κ3) is 5.53. The molecule has 1 saturated heterocycles. The van der Waals surface area contributed by atoms with Crippen LogP contribution in [0.2, 0.25) is 0 Å². The molecule has 1 fully saturated rings. The maximum atomic E-state index is 11.8. The Balaban J connectivity index is 1.58. The lowest BCUT2D eigenvalue weighted by atomic mass is 10.2. The fourth-order valence-corrected chi connectivity index (χ4v) is 2.09. The van der Waals surface area contributed by atoms with E-state index in [1.165, 1.54) is 0 Å². The van der Waals surface area contributed by atoms with Crippen molar-refractivity contribution in [2.75, 3.05) is 45.9 Å². The smallest absolute Gasteiger partial charge is 0.251 e. The van der Waals surface area contributed by atoms with E-state index >= 15 is 0 Å². The number of rotatable bonds is 6. The van der Waals surface area contributed by atoms with Crippen molar-refractivity contribution in [3.8, 4) is 0 Å². The Bertz CT molecular complexity index is 458. The molecule has 2 rings (SSSR count). The molecule has 21 heavy (non-hydrogen) atoms. The van der Waals surface area contributed by atoms with E-state index in [1.54, 1.807) is 12.1 Å². The van der Waals surface area contributed by atoms with Gasteiger partial charge in [-0.15, -0.1) is 0 Å². The van der Waals surface area contributed by atoms with Gasteiger partial charge in [0, 0.05) is 31.7 Å². The second-order valence-corrected chi connectivity index (χ2v) is 4.86. The molecule has 1 heterocycles. The Morgan fingerprint density at radius 3 is 2.43 bits per heavy atom. The van der Waals surface area contributed by atoms with Crippen molar-refractivity contribution in [2.24, 2.45) is 0 Å². The molecule has 1 aromatic rings. The van der Waals surface area contributed by atoms with Gasteiger partial charge in [0.15, 0.2) is 0 Å². The number of ether oxygens (including phenoxy) is 1. The molecule has 1 aliphatic rings. The van der Waals surface area contributed by atoms with Crippen molar-refractivity contribution >= 4 is 11.8 Å². The largest absolute Gasteiger partial charge is 0.379 e. The van der Waals surface area contributed by atoms with Crippen LogP contribution in [-0.2, 0) is 9.53 Å². The molecule has 0 radical (unpaired) electrons. The fraction of sp³-hybridized carbons (Fsp3) is 0.467. The van der Waals surface area contributed by atoms with E-state index in [0.717, 1.165) is 13.1 Å². The van der Waals surface area contributed by atoms with Crippen LogP contribution in [-0.4, -0.2) is 62.7 Å². The number of carbonyl (C=O) groups is 2. The number of amides is 2. The molecule has 2 amide bonds. The van der Waals surface area contributed by atoms with E-state index in [-0.39, 0.29) is 11.8 Å². The summed E-state index contributed by atoms with van der Waals surface area (Å²) in [5.74, 6) is -0.149. The van der Waals surface area contributed by atoms with Crippen molar-refractivity contribution in [3.05, 3.63) is 35.9 Å². The monoisotopic (exact) mass is 291 g/mol. The lowest BCUT2D eigenvalue weighted by Crippen LogP contribution is -2.44. The lowest BCUT2D eigenvalue weighted by Gasteiger charge is -2.25. The first-order valence-corrected chi connectivity index (χ1v) is 7.16. The normalized spacial score (nSPS) is 15.4. The number of hydrogen-bond donors (Lipinski definition) is 2. The van der Waals surface area contributed by atoms with Gasteiger partial charge in [0.25, 0.3) is 5.91 Å². The average Bonchev–Trinajstić information content (AvgIpc) is 2.53. The Morgan fingerprint density at radius 2 is 1.71 bits per heavy atom. The quantitative estimate of drug-likeness (QED) is 0.716. The predicted octanol–water partition coefficient (Wildman–Crippen LogP) is -0.135. The van der Waals surface area contributed by atoms with E-state index < -0.39 is 0 Å². The molecule has 0 spiro atoms. The summed E-state index contributed by atoms with van der Waals surface area (Å²) in [5, 5.41) is 5.57. The number of nitrogens with zero attached hydrogens (tertiary/aromatic N) is 1. The minimum Gasteiger partial charge on any atom is -0.379 e. The van der Waals surface area contributed by atoms with Crippen LogP contribution in [0.25, 0.3) is 0 Å². The van der Waals surface area contributed by atoms with Crippen molar-refractivity contribution < 1.29 is 14.3 Å². The molecular formula is C15H21N3O3. The number of benzene rings is 1. The van der Waals surface area contributed by atoms with Crippen LogP contribution in [0.5, 0.6) is 0 Å². The lowest BCUT2D eigenvalue weighted by molar-refractivity contribution is -0.123. The van der Waals surface area contributed by atoms with E-state index in [9.17, 15) is 9.59 Å². The number of hydrogen-bond acceptors (Lipinski definition) is 4. The third-order valence-electron chi connectivity index (χ3n) is 3.24. The first-order valence-electron chi connectivity index (χ1n) is 7.16. The topological polar surface area (TPSA) is 70.7 Å². The van der Waals surface area contributed by atoms with Crippen LogP contribution in [0, 0.1) is 0 Å². The Kier molecular flexibility index (Phi) is 6.18. The second kappa shape index (κ2) is 8.39. The summed E-state index contributed by atoms with van der Waals surface area (Å²) in [4.78, 5) is 25.5. The summed E-state index contributed by atoms with van der Waals surface area (Å²) < 4.78 is 5.23. The second-order valence-electron chi connectivity index (χ2n) is 4.86. The number of carbonyl (C=O) groups excluding carboxylic acids is 2. The minimum absolute atomic E-state index is 0.0224. The molecule has 0 saturated carbocycles. The van der Waals surface area contributed by atoms with E-state index in [2.05, 4.69) is 15.5 Å². The highest BCUT2D eigenvalue weighted by atomic mass is 16.5. The maximum Gasteiger partial charge on any atom is 0.251 e. The van der Waals surface area contributed by atoms with Crippen molar-refractivity contribution in [1.82, 2.24) is 15.5 Å². The van der Waals surface area contributed by atoms with Gasteiger partial charge >= 0.3 is 0 Å². The molecule has 2 N–H and O–H groups in total. The van der Waals surface area contributed by atoms with Gasteiger partial charge in [-0.2, -0.15) is 0 Å². The van der Waals surface area contributed by atoms with Gasteiger partial charge in [-0.3, -0.25) is 14.5 Å². The van der Waals surface area contributed by atoms with Gasteiger partial charge in [-0.1, -0.05) is 18.2 Å². The van der Waals surface area contributed by atoms with Gasteiger partial charge in [0.2, 0.25) is 5.91 Å². The molecule has 6 nitrogen and oxygen atoms in total. The van der Waals surface area contributed by atoms with Crippen LogP contribution >= 0.6 is 0 Å². The zero-order valence-electron chi connectivity index (χ0n) is 12.0. The van der Waals surface area contributed by atoms with Crippen LogP contribution in [0.3, 0.4) is 0 Å². The first-order chi connectivity index (χ1) is 10.3. The van der Waals surface area contributed by atoms with Crippen LogP contribution in [0.1, 0.15) is 10.4 Å². The van der Waals surface area contributed by atoms with Gasteiger partial charge in [-0.25, -0.2) is 0 Å². The van der Waals surface area contributed by atoms with Crippen molar-refractivity contribution in [3.63, 3.8) is 0 Å². The molecular weight excluding hydrogens is 270 g/mol. The molecule has 0 atom stereocenters.